The normalized spacial score (nSPS) is 15.5. The number of aromatic nitrogens is 4. The van der Waals surface area contributed by atoms with Crippen molar-refractivity contribution in [1.82, 2.24) is 20.0 Å². The summed E-state index contributed by atoms with van der Waals surface area (Å²) in [6, 6.07) is 9.71. The lowest BCUT2D eigenvalue weighted by Gasteiger charge is -2.29. The molecule has 1 N–H and O–H groups in total. The first-order chi connectivity index (χ1) is 17.7. The molecule has 6 nitrogen and oxygen atoms in total. The summed E-state index contributed by atoms with van der Waals surface area (Å²) < 4.78 is 70.9. The summed E-state index contributed by atoms with van der Waals surface area (Å²) in [7, 11) is 0. The van der Waals surface area contributed by atoms with Gasteiger partial charge in [0.05, 0.1) is 23.3 Å². The standard InChI is InChI=1S/C26H20F5N5O/c27-16-1-4-18(5-2-16)36-14-22(34-35-36)25(37)33-24-19(20-13-17(28)3-6-21(20)29)9-12-32-23(24)15-7-10-26(30,31)11-8-15/h1-6,9,12-15H,7-8,10-11H2,(H,33,37). The van der Waals surface area contributed by atoms with Crippen LogP contribution in [0.15, 0.2) is 60.9 Å². The van der Waals surface area contributed by atoms with Crippen molar-refractivity contribution in [3.05, 3.63) is 89.8 Å². The van der Waals surface area contributed by atoms with Crippen LogP contribution >= 0.6 is 0 Å². The van der Waals surface area contributed by atoms with Crippen LogP contribution in [0.4, 0.5) is 27.6 Å². The Hall–Kier alpha value is -4.15. The van der Waals surface area contributed by atoms with Gasteiger partial charge in [0, 0.05) is 36.1 Å². The van der Waals surface area contributed by atoms with Crippen LogP contribution in [0.3, 0.4) is 0 Å². The number of benzene rings is 2. The van der Waals surface area contributed by atoms with Crippen molar-refractivity contribution in [2.45, 2.75) is 37.5 Å². The van der Waals surface area contributed by atoms with Crippen LogP contribution in [-0.2, 0) is 0 Å². The van der Waals surface area contributed by atoms with Gasteiger partial charge in [-0.2, -0.15) is 0 Å². The lowest BCUT2D eigenvalue weighted by atomic mass is 9.83. The average Bonchev–Trinajstić information content (AvgIpc) is 3.37. The minimum absolute atomic E-state index is 0.0866. The number of nitrogens with zero attached hydrogens (tertiary/aromatic N) is 4. The SMILES string of the molecule is O=C(Nc1c(-c2cc(F)ccc2F)ccnc1C1CCC(F)(F)CC1)c1cn(-c2ccc(F)cc2)nn1. The zero-order chi connectivity index (χ0) is 26.2. The van der Waals surface area contributed by atoms with Crippen LogP contribution in [0.25, 0.3) is 16.8 Å². The van der Waals surface area contributed by atoms with Crippen LogP contribution in [0.5, 0.6) is 0 Å². The maximum atomic E-state index is 14.7. The number of hydrogen-bond acceptors (Lipinski definition) is 4. The Labute approximate surface area is 208 Å². The van der Waals surface area contributed by atoms with Gasteiger partial charge in [-0.15, -0.1) is 5.10 Å². The largest absolute Gasteiger partial charge is 0.318 e. The summed E-state index contributed by atoms with van der Waals surface area (Å²) in [4.78, 5) is 17.5. The van der Waals surface area contributed by atoms with E-state index < -0.39 is 35.2 Å². The number of halogens is 5. The van der Waals surface area contributed by atoms with Gasteiger partial charge < -0.3 is 5.32 Å². The predicted octanol–water partition coefficient (Wildman–Crippen LogP) is 6.29. The van der Waals surface area contributed by atoms with Gasteiger partial charge in [-0.3, -0.25) is 9.78 Å². The van der Waals surface area contributed by atoms with E-state index in [1.54, 1.807) is 0 Å². The number of carbonyl (C=O) groups excluding carboxylic acids is 1. The highest BCUT2D eigenvalue weighted by Crippen LogP contribution is 2.44. The van der Waals surface area contributed by atoms with Gasteiger partial charge in [0.15, 0.2) is 5.69 Å². The Morgan fingerprint density at radius 1 is 0.946 bits per heavy atom. The smallest absolute Gasteiger partial charge is 0.277 e. The Morgan fingerprint density at radius 3 is 2.38 bits per heavy atom. The van der Waals surface area contributed by atoms with Crippen molar-refractivity contribution < 1.29 is 26.7 Å². The maximum absolute atomic E-state index is 14.7. The molecule has 0 radical (unpaired) electrons. The second kappa shape index (κ2) is 9.72. The molecule has 190 valence electrons. The summed E-state index contributed by atoms with van der Waals surface area (Å²) in [5, 5.41) is 10.4. The van der Waals surface area contributed by atoms with E-state index in [1.165, 1.54) is 47.4 Å². The Bertz CT molecular complexity index is 1440. The van der Waals surface area contributed by atoms with Crippen molar-refractivity contribution in [3.63, 3.8) is 0 Å². The van der Waals surface area contributed by atoms with Gasteiger partial charge in [0.2, 0.25) is 5.92 Å². The first-order valence-electron chi connectivity index (χ1n) is 11.5. The molecular formula is C26H20F5N5O. The number of anilines is 1. The average molecular weight is 513 g/mol. The van der Waals surface area contributed by atoms with E-state index in [0.717, 1.165) is 18.2 Å². The van der Waals surface area contributed by atoms with E-state index in [1.807, 2.05) is 0 Å². The molecular weight excluding hydrogens is 493 g/mol. The summed E-state index contributed by atoms with van der Waals surface area (Å²) in [5.41, 5.74) is 0.772. The van der Waals surface area contributed by atoms with Crippen molar-refractivity contribution in [2.75, 3.05) is 5.32 Å². The van der Waals surface area contributed by atoms with E-state index in [2.05, 4.69) is 20.6 Å². The minimum atomic E-state index is -2.79. The van der Waals surface area contributed by atoms with Crippen LogP contribution < -0.4 is 5.32 Å². The molecule has 1 aliphatic carbocycles. The summed E-state index contributed by atoms with van der Waals surface area (Å²) >= 11 is 0. The van der Waals surface area contributed by atoms with Crippen molar-refractivity contribution >= 4 is 11.6 Å². The van der Waals surface area contributed by atoms with Crippen LogP contribution in [0, 0.1) is 17.5 Å². The Balaban J connectivity index is 1.52. The Morgan fingerprint density at radius 2 is 1.65 bits per heavy atom. The molecule has 1 saturated carbocycles. The molecule has 1 amide bonds. The zero-order valence-electron chi connectivity index (χ0n) is 19.3. The van der Waals surface area contributed by atoms with Gasteiger partial charge in [-0.1, -0.05) is 5.21 Å². The third kappa shape index (κ3) is 5.20. The van der Waals surface area contributed by atoms with Crippen LogP contribution in [0.1, 0.15) is 47.8 Å². The first-order valence-corrected chi connectivity index (χ1v) is 11.5. The van der Waals surface area contributed by atoms with Crippen molar-refractivity contribution in [1.29, 1.82) is 0 Å². The molecule has 2 aromatic carbocycles. The fourth-order valence-electron chi connectivity index (χ4n) is 4.43. The summed E-state index contributed by atoms with van der Waals surface area (Å²) in [5.74, 6) is -5.80. The summed E-state index contributed by atoms with van der Waals surface area (Å²) in [6.07, 6.45) is 2.22. The second-order valence-electron chi connectivity index (χ2n) is 8.85. The highest BCUT2D eigenvalue weighted by Gasteiger charge is 2.37. The molecule has 37 heavy (non-hydrogen) atoms. The number of rotatable bonds is 5. The van der Waals surface area contributed by atoms with Gasteiger partial charge in [-0.05, 0) is 61.4 Å². The van der Waals surface area contributed by atoms with E-state index in [4.69, 9.17) is 0 Å². The number of alkyl halides is 2. The molecule has 0 saturated heterocycles. The van der Waals surface area contributed by atoms with Gasteiger partial charge in [-0.25, -0.2) is 26.6 Å². The maximum Gasteiger partial charge on any atom is 0.277 e. The molecule has 4 aromatic rings. The lowest BCUT2D eigenvalue weighted by Crippen LogP contribution is -2.25. The molecule has 2 aromatic heterocycles. The molecule has 0 bridgehead atoms. The molecule has 1 fully saturated rings. The van der Waals surface area contributed by atoms with Gasteiger partial charge in [0.25, 0.3) is 5.91 Å². The van der Waals surface area contributed by atoms with Crippen LogP contribution in [0.2, 0.25) is 0 Å². The number of hydrogen-bond donors (Lipinski definition) is 1. The fraction of sp³-hybridized carbons (Fsp3) is 0.231. The van der Waals surface area contributed by atoms with E-state index in [-0.39, 0.29) is 48.2 Å². The van der Waals surface area contributed by atoms with Gasteiger partial charge >= 0.3 is 0 Å². The van der Waals surface area contributed by atoms with E-state index in [0.29, 0.717) is 11.4 Å². The minimum Gasteiger partial charge on any atom is -0.318 e. The van der Waals surface area contributed by atoms with E-state index >= 15 is 0 Å². The topological polar surface area (TPSA) is 72.7 Å². The quantitative estimate of drug-likeness (QED) is 0.318. The summed E-state index contributed by atoms with van der Waals surface area (Å²) in [6.45, 7) is 0. The highest BCUT2D eigenvalue weighted by molar-refractivity contribution is 6.05. The van der Waals surface area contributed by atoms with Gasteiger partial charge in [0.1, 0.15) is 17.5 Å². The van der Waals surface area contributed by atoms with E-state index in [9.17, 15) is 26.7 Å². The lowest BCUT2D eigenvalue weighted by molar-refractivity contribution is -0.0384. The highest BCUT2D eigenvalue weighted by atomic mass is 19.3. The molecule has 11 heteroatoms. The number of carbonyl (C=O) groups is 1. The fourth-order valence-corrected chi connectivity index (χ4v) is 4.43. The number of pyridine rings is 1. The molecule has 0 unspecified atom stereocenters. The van der Waals surface area contributed by atoms with Crippen molar-refractivity contribution in [2.24, 2.45) is 0 Å². The Kier molecular flexibility index (Phi) is 6.45. The monoisotopic (exact) mass is 513 g/mol. The third-order valence-corrected chi connectivity index (χ3v) is 6.36. The molecule has 0 atom stereocenters. The molecule has 1 aliphatic rings. The number of nitrogens with one attached hydrogen (secondary N) is 1. The molecule has 2 heterocycles. The van der Waals surface area contributed by atoms with Crippen molar-refractivity contribution in [3.8, 4) is 16.8 Å². The third-order valence-electron chi connectivity index (χ3n) is 6.36. The predicted molar refractivity (Wildman–Crippen MR) is 125 cm³/mol. The molecule has 5 rings (SSSR count). The second-order valence-corrected chi connectivity index (χ2v) is 8.85. The molecule has 0 spiro atoms. The van der Waals surface area contributed by atoms with Crippen LogP contribution in [-0.4, -0.2) is 31.8 Å². The molecule has 0 aliphatic heterocycles. The first kappa shape index (κ1) is 24.5. The zero-order valence-corrected chi connectivity index (χ0v) is 19.3. The number of amides is 1.